The second-order valence-corrected chi connectivity index (χ2v) is 6.71. The molecule has 1 aromatic carbocycles. The second kappa shape index (κ2) is 7.64. The monoisotopic (exact) mass is 386 g/mol. The molecule has 2 amide bonds. The Morgan fingerprint density at radius 3 is 2.82 bits per heavy atom. The summed E-state index contributed by atoms with van der Waals surface area (Å²) in [5, 5.41) is 11.7. The molecule has 1 saturated heterocycles. The molecule has 1 aromatic rings. The molecule has 2 rings (SSSR count). The normalized spacial score (nSPS) is 15.7. The van der Waals surface area contributed by atoms with Crippen molar-refractivity contribution < 1.29 is 19.5 Å². The van der Waals surface area contributed by atoms with E-state index >= 15 is 0 Å². The van der Waals surface area contributed by atoms with Crippen LogP contribution in [0.5, 0.6) is 0 Å². The number of carbonyl (C=O) groups is 3. The molecule has 0 aromatic heterocycles. The number of carbonyl (C=O) groups excluding carboxylic acids is 2. The van der Waals surface area contributed by atoms with Gasteiger partial charge in [-0.05, 0) is 17.7 Å². The van der Waals surface area contributed by atoms with E-state index in [1.54, 1.807) is 18.2 Å². The largest absolute Gasteiger partial charge is 0.481 e. The Morgan fingerprint density at radius 1 is 1.45 bits per heavy atom. The molecule has 1 atom stereocenters. The number of thioether (sulfide) groups is 1. The molecule has 0 aliphatic carbocycles. The van der Waals surface area contributed by atoms with E-state index in [0.717, 1.165) is 4.47 Å². The average Bonchev–Trinajstić information content (AvgIpc) is 2.83. The lowest BCUT2D eigenvalue weighted by molar-refractivity contribution is -0.138. The van der Waals surface area contributed by atoms with Crippen LogP contribution in [-0.4, -0.2) is 46.0 Å². The van der Waals surface area contributed by atoms with Crippen LogP contribution in [0.2, 0.25) is 0 Å². The number of benzene rings is 1. The summed E-state index contributed by atoms with van der Waals surface area (Å²) in [6.07, 6.45) is -0.217. The molecule has 1 aliphatic heterocycles. The van der Waals surface area contributed by atoms with Crippen molar-refractivity contribution in [1.29, 1.82) is 0 Å². The smallest absolute Gasteiger partial charge is 0.305 e. The van der Waals surface area contributed by atoms with E-state index < -0.39 is 12.0 Å². The molecule has 0 radical (unpaired) electrons. The first kappa shape index (κ1) is 16.8. The van der Waals surface area contributed by atoms with Crippen LogP contribution in [0.1, 0.15) is 18.0 Å². The number of hydrogen-bond acceptors (Lipinski definition) is 4. The molecule has 1 heterocycles. The van der Waals surface area contributed by atoms with E-state index in [0.29, 0.717) is 17.2 Å². The second-order valence-electron chi connectivity index (χ2n) is 4.84. The topological polar surface area (TPSA) is 86.7 Å². The Hall–Kier alpha value is -1.54. The Bertz CT molecular complexity index is 596. The summed E-state index contributed by atoms with van der Waals surface area (Å²) >= 11 is 4.78. The zero-order valence-electron chi connectivity index (χ0n) is 11.6. The molecule has 6 nitrogen and oxygen atoms in total. The lowest BCUT2D eigenvalue weighted by atomic mass is 10.0. The molecule has 0 saturated carbocycles. The summed E-state index contributed by atoms with van der Waals surface area (Å²) in [7, 11) is 0. The van der Waals surface area contributed by atoms with Crippen LogP contribution < -0.4 is 5.32 Å². The van der Waals surface area contributed by atoms with Crippen molar-refractivity contribution in [3.63, 3.8) is 0 Å². The van der Waals surface area contributed by atoms with Crippen LogP contribution in [-0.2, 0) is 14.4 Å². The van der Waals surface area contributed by atoms with Crippen molar-refractivity contribution >= 4 is 45.5 Å². The van der Waals surface area contributed by atoms with E-state index in [4.69, 9.17) is 5.11 Å². The third-order valence-electron chi connectivity index (χ3n) is 3.12. The summed E-state index contributed by atoms with van der Waals surface area (Å²) in [5.74, 6) is -0.554. The molecule has 118 valence electrons. The number of nitrogens with one attached hydrogen (secondary N) is 1. The average molecular weight is 387 g/mol. The lowest BCUT2D eigenvalue weighted by Gasteiger charge is -2.20. The Labute approximate surface area is 140 Å². The highest BCUT2D eigenvalue weighted by Crippen LogP contribution is 2.21. The van der Waals surface area contributed by atoms with Gasteiger partial charge in [0.15, 0.2) is 0 Å². The van der Waals surface area contributed by atoms with Gasteiger partial charge in [0.05, 0.1) is 24.1 Å². The van der Waals surface area contributed by atoms with E-state index in [1.807, 2.05) is 6.07 Å². The number of rotatable bonds is 6. The highest BCUT2D eigenvalue weighted by molar-refractivity contribution is 9.10. The van der Waals surface area contributed by atoms with E-state index in [1.165, 1.54) is 16.7 Å². The Morgan fingerprint density at radius 2 is 2.23 bits per heavy atom. The maximum absolute atomic E-state index is 12.1. The summed E-state index contributed by atoms with van der Waals surface area (Å²) in [6.45, 7) is -0.0457. The summed E-state index contributed by atoms with van der Waals surface area (Å²) in [6, 6.07) is 6.50. The fraction of sp³-hybridized carbons (Fsp3) is 0.357. The van der Waals surface area contributed by atoms with Gasteiger partial charge in [-0.25, -0.2) is 0 Å². The van der Waals surface area contributed by atoms with Crippen molar-refractivity contribution in [3.8, 4) is 0 Å². The quantitative estimate of drug-likeness (QED) is 0.775. The molecule has 0 spiro atoms. The van der Waals surface area contributed by atoms with Gasteiger partial charge in [0.2, 0.25) is 11.8 Å². The lowest BCUT2D eigenvalue weighted by Crippen LogP contribution is -2.40. The third kappa shape index (κ3) is 4.74. The Balaban J connectivity index is 2.04. The van der Waals surface area contributed by atoms with E-state index in [-0.39, 0.29) is 24.8 Å². The number of carboxylic acids is 1. The fourth-order valence-electron chi connectivity index (χ4n) is 2.10. The number of halogens is 1. The van der Waals surface area contributed by atoms with Crippen LogP contribution in [0.15, 0.2) is 28.7 Å². The van der Waals surface area contributed by atoms with Gasteiger partial charge >= 0.3 is 5.97 Å². The van der Waals surface area contributed by atoms with Gasteiger partial charge in [-0.15, -0.1) is 11.8 Å². The van der Waals surface area contributed by atoms with Gasteiger partial charge in [0, 0.05) is 4.47 Å². The first-order chi connectivity index (χ1) is 10.5. The molecule has 1 aliphatic rings. The zero-order valence-corrected chi connectivity index (χ0v) is 14.0. The molecule has 2 N–H and O–H groups in total. The van der Waals surface area contributed by atoms with E-state index in [2.05, 4.69) is 21.2 Å². The minimum Gasteiger partial charge on any atom is -0.481 e. The molecule has 8 heteroatoms. The molecular weight excluding hydrogens is 372 g/mol. The van der Waals surface area contributed by atoms with Crippen molar-refractivity contribution in [1.82, 2.24) is 10.2 Å². The van der Waals surface area contributed by atoms with Crippen molar-refractivity contribution in [3.05, 3.63) is 34.3 Å². The van der Waals surface area contributed by atoms with E-state index in [9.17, 15) is 14.4 Å². The molecular formula is C14H15BrN2O4S. The molecule has 1 fully saturated rings. The highest BCUT2D eigenvalue weighted by atomic mass is 79.9. The van der Waals surface area contributed by atoms with Crippen LogP contribution in [0, 0.1) is 0 Å². The van der Waals surface area contributed by atoms with Gasteiger partial charge < -0.3 is 15.3 Å². The number of hydrogen-bond donors (Lipinski definition) is 2. The van der Waals surface area contributed by atoms with Gasteiger partial charge in [0.1, 0.15) is 6.54 Å². The minimum atomic E-state index is -1.00. The summed E-state index contributed by atoms with van der Waals surface area (Å²) in [5.41, 5.74) is 0.701. The predicted molar refractivity (Wildman–Crippen MR) is 86.3 cm³/mol. The highest BCUT2D eigenvalue weighted by Gasteiger charge is 2.25. The van der Waals surface area contributed by atoms with Gasteiger partial charge in [-0.3, -0.25) is 14.4 Å². The number of carboxylic acid groups (broad SMARTS) is 1. The zero-order chi connectivity index (χ0) is 16.1. The molecule has 22 heavy (non-hydrogen) atoms. The number of aliphatic carboxylic acids is 1. The first-order valence-corrected chi connectivity index (χ1v) is 8.52. The third-order valence-corrected chi connectivity index (χ3v) is 4.56. The number of amides is 2. The van der Waals surface area contributed by atoms with Crippen molar-refractivity contribution in [2.45, 2.75) is 12.5 Å². The first-order valence-electron chi connectivity index (χ1n) is 6.58. The summed E-state index contributed by atoms with van der Waals surface area (Å²) < 4.78 is 0.806. The van der Waals surface area contributed by atoms with Crippen LogP contribution >= 0.6 is 27.7 Å². The van der Waals surface area contributed by atoms with Crippen LogP contribution in [0.3, 0.4) is 0 Å². The van der Waals surface area contributed by atoms with Gasteiger partial charge in [-0.1, -0.05) is 28.1 Å². The Kier molecular flexibility index (Phi) is 5.84. The maximum atomic E-state index is 12.1. The van der Waals surface area contributed by atoms with Crippen LogP contribution in [0.4, 0.5) is 0 Å². The van der Waals surface area contributed by atoms with Gasteiger partial charge in [0.25, 0.3) is 0 Å². The molecule has 0 bridgehead atoms. The molecule has 0 unspecified atom stereocenters. The predicted octanol–water partition coefficient (Wildman–Crippen LogP) is 1.61. The standard InChI is InChI=1S/C14H15BrN2O4S/c15-10-3-1-2-9(4-10)11(5-14(20)21)16-12(18)6-17-8-22-7-13(17)19/h1-4,11H,5-8H2,(H,16,18)(H,20,21)/t11-/m1/s1. The van der Waals surface area contributed by atoms with Gasteiger partial charge in [-0.2, -0.15) is 0 Å². The maximum Gasteiger partial charge on any atom is 0.305 e. The minimum absolute atomic E-state index is 0.0457. The fourth-order valence-corrected chi connectivity index (χ4v) is 3.42. The SMILES string of the molecule is O=C(O)C[C@@H](NC(=O)CN1CSCC1=O)c1cccc(Br)c1. The van der Waals surface area contributed by atoms with Crippen molar-refractivity contribution in [2.75, 3.05) is 18.2 Å². The number of nitrogens with zero attached hydrogens (tertiary/aromatic N) is 1. The van der Waals surface area contributed by atoms with Crippen LogP contribution in [0.25, 0.3) is 0 Å². The summed E-state index contributed by atoms with van der Waals surface area (Å²) in [4.78, 5) is 36.1. The van der Waals surface area contributed by atoms with Crippen molar-refractivity contribution in [2.24, 2.45) is 0 Å².